The number of carbonyl (C=O) groups is 2. The molecule has 21 heavy (non-hydrogen) atoms. The molecule has 1 aliphatic heterocycles. The van der Waals surface area contributed by atoms with Gasteiger partial charge in [0.1, 0.15) is 0 Å². The Morgan fingerprint density at radius 3 is 2.81 bits per heavy atom. The van der Waals surface area contributed by atoms with E-state index < -0.39 is 12.0 Å². The van der Waals surface area contributed by atoms with Gasteiger partial charge in [0.15, 0.2) is 6.04 Å². The van der Waals surface area contributed by atoms with Crippen molar-refractivity contribution in [2.75, 3.05) is 6.61 Å². The van der Waals surface area contributed by atoms with Crippen LogP contribution in [-0.4, -0.2) is 29.7 Å². The van der Waals surface area contributed by atoms with Crippen LogP contribution in [0.25, 0.3) is 0 Å². The van der Waals surface area contributed by atoms with Crippen LogP contribution >= 0.6 is 11.6 Å². The lowest BCUT2D eigenvalue weighted by molar-refractivity contribution is -0.142. The summed E-state index contributed by atoms with van der Waals surface area (Å²) in [6.07, 6.45) is 2.95. The van der Waals surface area contributed by atoms with Crippen molar-refractivity contribution in [1.82, 2.24) is 5.32 Å². The summed E-state index contributed by atoms with van der Waals surface area (Å²) in [5.74, 6) is -1.44. The SMILES string of the molecule is O=C(CCC1CCCO1)N[C@@H](C(=O)O)c1ccccc1Cl. The summed E-state index contributed by atoms with van der Waals surface area (Å²) in [6, 6.07) is 5.47. The Kier molecular flexibility index (Phi) is 5.59. The molecule has 5 nitrogen and oxygen atoms in total. The fourth-order valence-corrected chi connectivity index (χ4v) is 2.62. The second kappa shape index (κ2) is 7.43. The fraction of sp³-hybridized carbons (Fsp3) is 0.467. The molecule has 1 heterocycles. The maximum absolute atomic E-state index is 11.9. The average molecular weight is 312 g/mol. The monoisotopic (exact) mass is 311 g/mol. The van der Waals surface area contributed by atoms with E-state index >= 15 is 0 Å². The first kappa shape index (κ1) is 15.8. The van der Waals surface area contributed by atoms with Gasteiger partial charge in [0.05, 0.1) is 6.10 Å². The molecule has 1 amide bonds. The number of carboxylic acid groups (broad SMARTS) is 1. The van der Waals surface area contributed by atoms with E-state index in [-0.39, 0.29) is 18.4 Å². The zero-order valence-electron chi connectivity index (χ0n) is 11.5. The van der Waals surface area contributed by atoms with Crippen LogP contribution in [0, 0.1) is 0 Å². The zero-order valence-corrected chi connectivity index (χ0v) is 12.3. The molecule has 114 valence electrons. The van der Waals surface area contributed by atoms with Crippen molar-refractivity contribution in [2.24, 2.45) is 0 Å². The summed E-state index contributed by atoms with van der Waals surface area (Å²) >= 11 is 5.99. The Labute approximate surface area is 128 Å². The first-order valence-corrected chi connectivity index (χ1v) is 7.34. The van der Waals surface area contributed by atoms with E-state index in [1.165, 1.54) is 0 Å². The first-order valence-electron chi connectivity index (χ1n) is 6.96. The van der Waals surface area contributed by atoms with Crippen LogP contribution in [0.15, 0.2) is 24.3 Å². The van der Waals surface area contributed by atoms with Gasteiger partial charge in [0, 0.05) is 23.6 Å². The Morgan fingerprint density at radius 1 is 1.43 bits per heavy atom. The summed E-state index contributed by atoms with van der Waals surface area (Å²) in [7, 11) is 0. The summed E-state index contributed by atoms with van der Waals surface area (Å²) in [4.78, 5) is 23.3. The number of hydrogen-bond acceptors (Lipinski definition) is 3. The van der Waals surface area contributed by atoms with E-state index in [9.17, 15) is 14.7 Å². The molecule has 0 spiro atoms. The predicted octanol–water partition coefficient (Wildman–Crippen LogP) is 2.54. The van der Waals surface area contributed by atoms with Gasteiger partial charge >= 0.3 is 5.97 Å². The molecule has 1 fully saturated rings. The number of amides is 1. The summed E-state index contributed by atoms with van der Waals surface area (Å²) in [5, 5.41) is 12.1. The standard InChI is InChI=1S/C15H18ClNO4/c16-12-6-2-1-5-11(12)14(15(19)20)17-13(18)8-7-10-4-3-9-21-10/h1-2,5-6,10,14H,3-4,7-9H2,(H,17,18)(H,19,20)/t10?,14-/m1/s1. The van der Waals surface area contributed by atoms with Crippen LogP contribution in [0.3, 0.4) is 0 Å². The molecule has 2 atom stereocenters. The second-order valence-electron chi connectivity index (χ2n) is 5.03. The summed E-state index contributed by atoms with van der Waals surface area (Å²) in [5.41, 5.74) is 0.386. The Bertz CT molecular complexity index is 514. The largest absolute Gasteiger partial charge is 0.479 e. The van der Waals surface area contributed by atoms with E-state index in [1.807, 2.05) is 0 Å². The number of rotatable bonds is 6. The quantitative estimate of drug-likeness (QED) is 0.846. The number of nitrogens with one attached hydrogen (secondary N) is 1. The lowest BCUT2D eigenvalue weighted by Crippen LogP contribution is -2.34. The molecule has 1 unspecified atom stereocenters. The molecule has 2 rings (SSSR count). The molecule has 0 radical (unpaired) electrons. The van der Waals surface area contributed by atoms with Crippen molar-refractivity contribution < 1.29 is 19.4 Å². The Hall–Kier alpha value is -1.59. The molecule has 6 heteroatoms. The molecule has 1 saturated heterocycles. The maximum Gasteiger partial charge on any atom is 0.330 e. The first-order chi connectivity index (χ1) is 10.1. The van der Waals surface area contributed by atoms with Crippen LogP contribution in [0.5, 0.6) is 0 Å². The van der Waals surface area contributed by atoms with Gasteiger partial charge in [-0.1, -0.05) is 29.8 Å². The molecular formula is C15H18ClNO4. The van der Waals surface area contributed by atoms with Gasteiger partial charge in [-0.25, -0.2) is 4.79 Å². The topological polar surface area (TPSA) is 75.6 Å². The normalized spacial score (nSPS) is 19.2. The zero-order chi connectivity index (χ0) is 15.2. The van der Waals surface area contributed by atoms with Crippen LogP contribution < -0.4 is 5.32 Å². The van der Waals surface area contributed by atoms with Crippen molar-refractivity contribution in [1.29, 1.82) is 0 Å². The van der Waals surface area contributed by atoms with E-state index in [0.717, 1.165) is 19.4 Å². The molecule has 1 aromatic rings. The lowest BCUT2D eigenvalue weighted by Gasteiger charge is -2.17. The summed E-state index contributed by atoms with van der Waals surface area (Å²) in [6.45, 7) is 0.740. The number of carboxylic acids is 1. The number of ether oxygens (including phenoxy) is 1. The average Bonchev–Trinajstić information content (AvgIpc) is 2.96. The van der Waals surface area contributed by atoms with Crippen LogP contribution in [0.1, 0.15) is 37.3 Å². The van der Waals surface area contributed by atoms with E-state index in [1.54, 1.807) is 24.3 Å². The van der Waals surface area contributed by atoms with E-state index in [4.69, 9.17) is 16.3 Å². The van der Waals surface area contributed by atoms with Gasteiger partial charge < -0.3 is 15.2 Å². The van der Waals surface area contributed by atoms with Crippen molar-refractivity contribution in [3.05, 3.63) is 34.9 Å². The van der Waals surface area contributed by atoms with Gasteiger partial charge in [0.2, 0.25) is 5.91 Å². The molecule has 1 aliphatic rings. The van der Waals surface area contributed by atoms with Gasteiger partial charge in [0.25, 0.3) is 0 Å². The van der Waals surface area contributed by atoms with Gasteiger partial charge in [-0.15, -0.1) is 0 Å². The van der Waals surface area contributed by atoms with Crippen molar-refractivity contribution in [2.45, 2.75) is 37.8 Å². The fourth-order valence-electron chi connectivity index (χ4n) is 2.38. The van der Waals surface area contributed by atoms with E-state index in [2.05, 4.69) is 5.32 Å². The number of aliphatic carboxylic acids is 1. The third-order valence-electron chi connectivity index (χ3n) is 3.49. The lowest BCUT2D eigenvalue weighted by atomic mass is 10.1. The smallest absolute Gasteiger partial charge is 0.330 e. The van der Waals surface area contributed by atoms with Crippen LogP contribution in [-0.2, 0) is 14.3 Å². The minimum Gasteiger partial charge on any atom is -0.479 e. The third-order valence-corrected chi connectivity index (χ3v) is 3.83. The highest BCUT2D eigenvalue weighted by atomic mass is 35.5. The molecule has 0 aliphatic carbocycles. The van der Waals surface area contributed by atoms with Crippen LogP contribution in [0.4, 0.5) is 0 Å². The van der Waals surface area contributed by atoms with Gasteiger partial charge in [-0.3, -0.25) is 4.79 Å². The number of halogens is 1. The van der Waals surface area contributed by atoms with Crippen molar-refractivity contribution >= 4 is 23.5 Å². The number of hydrogen-bond donors (Lipinski definition) is 2. The third kappa shape index (κ3) is 4.44. The Balaban J connectivity index is 1.94. The second-order valence-corrected chi connectivity index (χ2v) is 5.44. The molecular weight excluding hydrogens is 294 g/mol. The molecule has 0 aromatic heterocycles. The maximum atomic E-state index is 11.9. The number of benzene rings is 1. The van der Waals surface area contributed by atoms with Gasteiger partial charge in [-0.05, 0) is 25.3 Å². The minimum atomic E-state index is -1.13. The van der Waals surface area contributed by atoms with Crippen molar-refractivity contribution in [3.8, 4) is 0 Å². The molecule has 0 saturated carbocycles. The summed E-state index contributed by atoms with van der Waals surface area (Å²) < 4.78 is 5.44. The van der Waals surface area contributed by atoms with Gasteiger partial charge in [-0.2, -0.15) is 0 Å². The highest BCUT2D eigenvalue weighted by molar-refractivity contribution is 6.31. The highest BCUT2D eigenvalue weighted by Crippen LogP contribution is 2.23. The predicted molar refractivity (Wildman–Crippen MR) is 78.2 cm³/mol. The molecule has 1 aromatic carbocycles. The van der Waals surface area contributed by atoms with Crippen LogP contribution in [0.2, 0.25) is 5.02 Å². The molecule has 2 N–H and O–H groups in total. The minimum absolute atomic E-state index is 0.111. The highest BCUT2D eigenvalue weighted by Gasteiger charge is 2.25. The molecule has 0 bridgehead atoms. The Morgan fingerprint density at radius 2 is 2.19 bits per heavy atom. The van der Waals surface area contributed by atoms with E-state index in [0.29, 0.717) is 17.0 Å². The van der Waals surface area contributed by atoms with Crippen molar-refractivity contribution in [3.63, 3.8) is 0 Å². The number of carbonyl (C=O) groups excluding carboxylic acids is 1.